The normalized spacial score (nSPS) is 27.8. The van der Waals surface area contributed by atoms with E-state index in [1.807, 2.05) is 36.6 Å². The fourth-order valence-electron chi connectivity index (χ4n) is 7.89. The zero-order chi connectivity index (χ0) is 38.4. The van der Waals surface area contributed by atoms with Crippen molar-refractivity contribution < 1.29 is 33.0 Å². The molecule has 0 saturated carbocycles. The summed E-state index contributed by atoms with van der Waals surface area (Å²) in [6, 6.07) is 4.57. The molecule has 2 bridgehead atoms. The first kappa shape index (κ1) is 39.9. The Morgan fingerprint density at radius 2 is 1.31 bits per heavy atom. The molecule has 0 spiro atoms. The van der Waals surface area contributed by atoms with Gasteiger partial charge in [-0.15, -0.1) is 11.3 Å². The van der Waals surface area contributed by atoms with Gasteiger partial charge in [-0.1, -0.05) is 30.3 Å². The van der Waals surface area contributed by atoms with Crippen LogP contribution in [0.2, 0.25) is 0 Å². The summed E-state index contributed by atoms with van der Waals surface area (Å²) in [5.41, 5.74) is 0.999. The Morgan fingerprint density at radius 1 is 0.759 bits per heavy atom. The van der Waals surface area contributed by atoms with Crippen molar-refractivity contribution in [3.63, 3.8) is 0 Å². The van der Waals surface area contributed by atoms with Crippen molar-refractivity contribution in [2.45, 2.75) is 94.0 Å². The van der Waals surface area contributed by atoms with Crippen LogP contribution in [0.1, 0.15) is 78.5 Å². The van der Waals surface area contributed by atoms with Crippen LogP contribution >= 0.6 is 23.1 Å². The van der Waals surface area contributed by atoms with Crippen molar-refractivity contribution in [3.8, 4) is 0 Å². The monoisotopic (exact) mass is 799 g/mol. The van der Waals surface area contributed by atoms with Gasteiger partial charge in [-0.2, -0.15) is 11.8 Å². The van der Waals surface area contributed by atoms with Gasteiger partial charge in [0.2, 0.25) is 29.5 Å². The molecule has 2 aromatic rings. The van der Waals surface area contributed by atoms with Gasteiger partial charge in [0.1, 0.15) is 40.9 Å². The quantitative estimate of drug-likeness (QED) is 0.358. The van der Waals surface area contributed by atoms with Crippen LogP contribution in [0.3, 0.4) is 0 Å². The summed E-state index contributed by atoms with van der Waals surface area (Å²) in [6.45, 7) is 0.990. The highest BCUT2D eigenvalue weighted by Crippen LogP contribution is 2.28. The largest absolute Gasteiger partial charge is 0.345 e. The number of fused-ring (bicyclic) bond motifs is 5. The molecule has 6 amide bonds. The first-order chi connectivity index (χ1) is 26.0. The highest BCUT2D eigenvalue weighted by atomic mass is 32.2. The van der Waals surface area contributed by atoms with Crippen LogP contribution in [-0.4, -0.2) is 133 Å². The zero-order valence-electron chi connectivity index (χ0n) is 30.7. The molecule has 1 aromatic heterocycles. The third kappa shape index (κ3) is 9.16. The van der Waals surface area contributed by atoms with E-state index in [4.69, 9.17) is 0 Å². The molecule has 6 rings (SSSR count). The van der Waals surface area contributed by atoms with Crippen LogP contribution in [0.4, 0.5) is 0 Å². The fraction of sp³-hybridized carbons (Fsp3) is 0.595. The van der Waals surface area contributed by atoms with E-state index in [9.17, 15) is 33.0 Å². The number of nitrogens with one attached hydrogen (secondary N) is 3. The number of rotatable bonds is 8. The molecular formula is C37H49N7O7S3. The maximum absolute atomic E-state index is 14.2. The Hall–Kier alpha value is -3.83. The fourth-order valence-corrected chi connectivity index (χ4v) is 9.78. The topological polar surface area (TPSA) is 178 Å². The second kappa shape index (κ2) is 18.2. The second-order valence-corrected chi connectivity index (χ2v) is 17.8. The van der Waals surface area contributed by atoms with Crippen LogP contribution in [0.15, 0.2) is 35.7 Å². The summed E-state index contributed by atoms with van der Waals surface area (Å²) in [6.07, 6.45) is 7.30. The van der Waals surface area contributed by atoms with Gasteiger partial charge in [0, 0.05) is 47.8 Å². The standard InChI is InChI=1S/C37H49N7O7S3/c1-52-19-14-24-35(48)42-16-6-11-28(42)33(47)40-26(21-23-9-4-3-5-10-23)34-41-27(22-53-34)31(45)38-25(15-20-54(2)51)36(49)44-18-8-13-30(44)37(50)43-17-7-12-29(43)32(46)39-24/h3-5,9-10,22,24-26,28-30H,6-8,11-21H2,1-2H3,(H,38,45)(H,39,46)(H,40,47)/t24-,25-,26-,28-,29-,30-,54+/m0/s1. The summed E-state index contributed by atoms with van der Waals surface area (Å²) in [7, 11) is -1.25. The van der Waals surface area contributed by atoms with E-state index in [2.05, 4.69) is 20.9 Å². The molecule has 3 fully saturated rings. The smallest absolute Gasteiger partial charge is 0.271 e. The Labute approximate surface area is 326 Å². The van der Waals surface area contributed by atoms with Crippen molar-refractivity contribution in [1.29, 1.82) is 0 Å². The van der Waals surface area contributed by atoms with Crippen molar-refractivity contribution in [1.82, 2.24) is 35.6 Å². The van der Waals surface area contributed by atoms with Crippen LogP contribution in [0.25, 0.3) is 0 Å². The molecule has 7 atom stereocenters. The maximum Gasteiger partial charge on any atom is 0.271 e. The van der Waals surface area contributed by atoms with Gasteiger partial charge in [-0.3, -0.25) is 33.0 Å². The van der Waals surface area contributed by atoms with Gasteiger partial charge in [0.05, 0.1) is 6.04 Å². The highest BCUT2D eigenvalue weighted by Gasteiger charge is 2.45. The van der Waals surface area contributed by atoms with E-state index in [0.717, 1.165) is 5.56 Å². The van der Waals surface area contributed by atoms with Crippen LogP contribution < -0.4 is 16.0 Å². The van der Waals surface area contributed by atoms with Crippen molar-refractivity contribution >= 4 is 69.3 Å². The predicted molar refractivity (Wildman–Crippen MR) is 207 cm³/mol. The van der Waals surface area contributed by atoms with E-state index in [0.29, 0.717) is 81.8 Å². The van der Waals surface area contributed by atoms with Crippen LogP contribution in [0.5, 0.6) is 0 Å². The lowest BCUT2D eigenvalue weighted by molar-refractivity contribution is -0.148. The number of carbonyl (C=O) groups excluding carboxylic acids is 6. The van der Waals surface area contributed by atoms with Gasteiger partial charge in [-0.05, 0) is 75.4 Å². The molecule has 14 nitrogen and oxygen atoms in total. The molecular weight excluding hydrogens is 751 g/mol. The summed E-state index contributed by atoms with van der Waals surface area (Å²) < 4.78 is 12.2. The highest BCUT2D eigenvalue weighted by molar-refractivity contribution is 7.98. The van der Waals surface area contributed by atoms with Crippen LogP contribution in [0, 0.1) is 0 Å². The average Bonchev–Trinajstić information content (AvgIpc) is 4.00. The molecule has 0 radical (unpaired) electrons. The number of amides is 6. The molecule has 54 heavy (non-hydrogen) atoms. The molecule has 4 aliphatic heterocycles. The minimum absolute atomic E-state index is 0.0662. The summed E-state index contributed by atoms with van der Waals surface area (Å²) in [4.78, 5) is 93.7. The first-order valence-corrected chi connectivity index (χ1v) is 22.7. The number of thiazole rings is 1. The summed E-state index contributed by atoms with van der Waals surface area (Å²) >= 11 is 2.75. The molecule has 3 N–H and O–H groups in total. The summed E-state index contributed by atoms with van der Waals surface area (Å²) in [5, 5.41) is 11.0. The van der Waals surface area contributed by atoms with Gasteiger partial charge < -0.3 is 30.7 Å². The minimum Gasteiger partial charge on any atom is -0.345 e. The molecule has 0 aliphatic carbocycles. The molecule has 17 heteroatoms. The van der Waals surface area contributed by atoms with Crippen molar-refractivity contribution in [2.24, 2.45) is 0 Å². The Balaban J connectivity index is 1.37. The maximum atomic E-state index is 14.2. The number of benzene rings is 1. The van der Waals surface area contributed by atoms with Gasteiger partial charge >= 0.3 is 0 Å². The molecule has 292 valence electrons. The minimum atomic E-state index is -1.25. The SMILES string of the molecule is CSCC[C@@H]1NC(=O)[C@@H]2CCCN2C(=O)[C@@H]2CCCN2C(=O)[C@H](CC[S@@](C)=O)NC(=O)c2csc(n2)[C@H](Cc2ccccc2)NC(=O)[C@@H]2CCCN2C1=O. The number of carbonyl (C=O) groups is 6. The number of hydrogen-bond donors (Lipinski definition) is 3. The molecule has 5 heterocycles. The Bertz CT molecular complexity index is 1740. The first-order valence-electron chi connectivity index (χ1n) is 18.7. The van der Waals surface area contributed by atoms with Crippen molar-refractivity contribution in [2.75, 3.05) is 43.7 Å². The third-order valence-electron chi connectivity index (χ3n) is 10.7. The van der Waals surface area contributed by atoms with E-state index >= 15 is 0 Å². The number of hydrogen-bond acceptors (Lipinski definition) is 10. The molecule has 3 saturated heterocycles. The Kier molecular flexibility index (Phi) is 13.4. The van der Waals surface area contributed by atoms with E-state index in [-0.39, 0.29) is 35.6 Å². The molecule has 4 aliphatic rings. The number of aromatic nitrogens is 1. The van der Waals surface area contributed by atoms with E-state index < -0.39 is 64.8 Å². The third-order valence-corrected chi connectivity index (χ3v) is 13.1. The molecule has 0 unspecified atom stereocenters. The zero-order valence-corrected chi connectivity index (χ0v) is 33.1. The summed E-state index contributed by atoms with van der Waals surface area (Å²) in [5.74, 6) is -1.77. The Morgan fingerprint density at radius 3 is 1.93 bits per heavy atom. The predicted octanol–water partition coefficient (Wildman–Crippen LogP) is 1.63. The van der Waals surface area contributed by atoms with Gasteiger partial charge in [0.25, 0.3) is 5.91 Å². The van der Waals surface area contributed by atoms with E-state index in [1.165, 1.54) is 27.4 Å². The van der Waals surface area contributed by atoms with E-state index in [1.54, 1.807) is 22.0 Å². The van der Waals surface area contributed by atoms with Crippen LogP contribution in [-0.2, 0) is 41.2 Å². The average molecular weight is 800 g/mol. The number of nitrogens with zero attached hydrogens (tertiary/aromatic N) is 4. The lowest BCUT2D eigenvalue weighted by Crippen LogP contribution is -2.58. The van der Waals surface area contributed by atoms with Crippen molar-refractivity contribution in [3.05, 3.63) is 52.0 Å². The lowest BCUT2D eigenvalue weighted by Gasteiger charge is -2.34. The lowest BCUT2D eigenvalue weighted by atomic mass is 10.1. The van der Waals surface area contributed by atoms with Gasteiger partial charge in [-0.25, -0.2) is 4.98 Å². The molecule has 1 aromatic carbocycles. The van der Waals surface area contributed by atoms with Gasteiger partial charge in [0.15, 0.2) is 0 Å². The second-order valence-electron chi connectivity index (χ2n) is 14.3. The number of thioether (sulfide) groups is 1.